The molecule has 1 rings (SSSR count). The Morgan fingerprint density at radius 2 is 1.82 bits per heavy atom. The standard InChI is InChI=1S/C12H22O4S/c1-3-16-12(8-5-4-6-9-12)11(13)7-10-17(2,14)15/h3-10H2,1-2H3. The zero-order chi connectivity index (χ0) is 12.9. The molecule has 100 valence electrons. The average molecular weight is 262 g/mol. The highest BCUT2D eigenvalue weighted by atomic mass is 32.2. The molecule has 0 aromatic rings. The summed E-state index contributed by atoms with van der Waals surface area (Å²) < 4.78 is 27.8. The number of hydrogen-bond acceptors (Lipinski definition) is 4. The number of ketones is 1. The van der Waals surface area contributed by atoms with Crippen LogP contribution in [0.25, 0.3) is 0 Å². The van der Waals surface area contributed by atoms with E-state index in [4.69, 9.17) is 4.74 Å². The molecule has 17 heavy (non-hydrogen) atoms. The zero-order valence-electron chi connectivity index (χ0n) is 10.7. The van der Waals surface area contributed by atoms with Crippen molar-refractivity contribution in [3.63, 3.8) is 0 Å². The fraction of sp³-hybridized carbons (Fsp3) is 0.917. The minimum atomic E-state index is -3.08. The van der Waals surface area contributed by atoms with E-state index in [1.807, 2.05) is 6.92 Å². The molecule has 0 amide bonds. The van der Waals surface area contributed by atoms with Crippen LogP contribution in [0.2, 0.25) is 0 Å². The van der Waals surface area contributed by atoms with E-state index in [0.717, 1.165) is 38.4 Å². The summed E-state index contributed by atoms with van der Waals surface area (Å²) in [6, 6.07) is 0. The molecule has 4 nitrogen and oxygen atoms in total. The van der Waals surface area contributed by atoms with Crippen LogP contribution in [0.3, 0.4) is 0 Å². The van der Waals surface area contributed by atoms with E-state index in [2.05, 4.69) is 0 Å². The quantitative estimate of drug-likeness (QED) is 0.731. The SMILES string of the molecule is CCOC1(C(=O)CCS(C)(=O)=O)CCCCC1. The van der Waals surface area contributed by atoms with Gasteiger partial charge < -0.3 is 4.74 Å². The van der Waals surface area contributed by atoms with Crippen LogP contribution in [0.1, 0.15) is 45.4 Å². The summed E-state index contributed by atoms with van der Waals surface area (Å²) >= 11 is 0. The van der Waals surface area contributed by atoms with Gasteiger partial charge in [0.25, 0.3) is 0 Å². The van der Waals surface area contributed by atoms with E-state index in [9.17, 15) is 13.2 Å². The van der Waals surface area contributed by atoms with Crippen molar-refractivity contribution in [2.24, 2.45) is 0 Å². The molecule has 0 N–H and O–H groups in total. The van der Waals surface area contributed by atoms with Crippen LogP contribution in [0, 0.1) is 0 Å². The molecule has 1 aliphatic carbocycles. The lowest BCUT2D eigenvalue weighted by Crippen LogP contribution is -2.44. The predicted octanol–water partition coefficient (Wildman–Crippen LogP) is 1.73. The van der Waals surface area contributed by atoms with Crippen molar-refractivity contribution in [1.82, 2.24) is 0 Å². The molecular weight excluding hydrogens is 240 g/mol. The average Bonchev–Trinajstić information content (AvgIpc) is 2.26. The van der Waals surface area contributed by atoms with Crippen LogP contribution >= 0.6 is 0 Å². The molecule has 0 unspecified atom stereocenters. The molecule has 0 radical (unpaired) electrons. The number of carbonyl (C=O) groups excluding carboxylic acids is 1. The zero-order valence-corrected chi connectivity index (χ0v) is 11.5. The summed E-state index contributed by atoms with van der Waals surface area (Å²) in [7, 11) is -3.08. The van der Waals surface area contributed by atoms with Gasteiger partial charge in [-0.2, -0.15) is 0 Å². The lowest BCUT2D eigenvalue weighted by molar-refractivity contribution is -0.148. The highest BCUT2D eigenvalue weighted by molar-refractivity contribution is 7.90. The van der Waals surface area contributed by atoms with Gasteiger partial charge in [0.05, 0.1) is 5.75 Å². The van der Waals surface area contributed by atoms with Gasteiger partial charge in [0, 0.05) is 19.3 Å². The highest BCUT2D eigenvalue weighted by Crippen LogP contribution is 2.33. The minimum Gasteiger partial charge on any atom is -0.368 e. The van der Waals surface area contributed by atoms with Gasteiger partial charge in [-0.25, -0.2) is 8.42 Å². The summed E-state index contributed by atoms with van der Waals surface area (Å²) in [5.41, 5.74) is -0.697. The Hall–Kier alpha value is -0.420. The predicted molar refractivity (Wildman–Crippen MR) is 66.8 cm³/mol. The molecule has 0 bridgehead atoms. The van der Waals surface area contributed by atoms with Gasteiger partial charge in [0.1, 0.15) is 15.4 Å². The smallest absolute Gasteiger partial charge is 0.165 e. The fourth-order valence-corrected chi connectivity index (χ4v) is 2.96. The van der Waals surface area contributed by atoms with Crippen molar-refractivity contribution in [2.75, 3.05) is 18.6 Å². The maximum atomic E-state index is 12.2. The molecule has 0 spiro atoms. The monoisotopic (exact) mass is 262 g/mol. The topological polar surface area (TPSA) is 60.4 Å². The summed E-state index contributed by atoms with van der Waals surface area (Å²) in [4.78, 5) is 12.2. The summed E-state index contributed by atoms with van der Waals surface area (Å²) in [6.07, 6.45) is 5.84. The minimum absolute atomic E-state index is 0.0375. The van der Waals surface area contributed by atoms with E-state index in [-0.39, 0.29) is 18.0 Å². The summed E-state index contributed by atoms with van der Waals surface area (Å²) in [6.45, 7) is 2.38. The molecule has 1 saturated carbocycles. The van der Waals surface area contributed by atoms with E-state index >= 15 is 0 Å². The molecule has 0 aliphatic heterocycles. The first-order valence-corrected chi connectivity index (χ1v) is 8.31. The Labute approximate surface area is 104 Å². The first kappa shape index (κ1) is 14.6. The maximum Gasteiger partial charge on any atom is 0.165 e. The van der Waals surface area contributed by atoms with Crippen molar-refractivity contribution < 1.29 is 17.9 Å². The van der Waals surface area contributed by atoms with Crippen LogP contribution < -0.4 is 0 Å². The first-order chi connectivity index (χ1) is 7.90. The van der Waals surface area contributed by atoms with Gasteiger partial charge in [0.15, 0.2) is 5.78 Å². The molecule has 1 aliphatic rings. The Kier molecular flexibility index (Phi) is 5.13. The van der Waals surface area contributed by atoms with Gasteiger partial charge in [-0.15, -0.1) is 0 Å². The van der Waals surface area contributed by atoms with Crippen LogP contribution in [0.5, 0.6) is 0 Å². The Morgan fingerprint density at radius 1 is 1.24 bits per heavy atom. The highest BCUT2D eigenvalue weighted by Gasteiger charge is 2.39. The van der Waals surface area contributed by atoms with Gasteiger partial charge in [0.2, 0.25) is 0 Å². The second-order valence-corrected chi connectivity index (χ2v) is 7.05. The van der Waals surface area contributed by atoms with E-state index in [1.165, 1.54) is 0 Å². The molecule has 0 aromatic carbocycles. The van der Waals surface area contributed by atoms with Crippen molar-refractivity contribution in [3.05, 3.63) is 0 Å². The van der Waals surface area contributed by atoms with Crippen LogP contribution in [-0.4, -0.2) is 38.4 Å². The third-order valence-electron chi connectivity index (χ3n) is 3.29. The van der Waals surface area contributed by atoms with Crippen molar-refractivity contribution >= 4 is 15.6 Å². The van der Waals surface area contributed by atoms with E-state index in [1.54, 1.807) is 0 Å². The molecule has 0 atom stereocenters. The second-order valence-electron chi connectivity index (χ2n) is 4.79. The molecule has 5 heteroatoms. The third-order valence-corrected chi connectivity index (χ3v) is 4.24. The molecule has 0 aromatic heterocycles. The lowest BCUT2D eigenvalue weighted by atomic mass is 9.80. The van der Waals surface area contributed by atoms with Crippen molar-refractivity contribution in [2.45, 2.75) is 51.0 Å². The second kappa shape index (κ2) is 5.96. The number of hydrogen-bond donors (Lipinski definition) is 0. The van der Waals surface area contributed by atoms with Gasteiger partial charge in [-0.05, 0) is 19.8 Å². The van der Waals surface area contributed by atoms with Gasteiger partial charge >= 0.3 is 0 Å². The van der Waals surface area contributed by atoms with E-state index in [0.29, 0.717) is 6.61 Å². The third kappa shape index (κ3) is 4.39. The summed E-state index contributed by atoms with van der Waals surface area (Å²) in [5, 5.41) is 0. The van der Waals surface area contributed by atoms with Gasteiger partial charge in [-0.3, -0.25) is 4.79 Å². The van der Waals surface area contributed by atoms with Crippen molar-refractivity contribution in [3.8, 4) is 0 Å². The normalized spacial score (nSPS) is 20.1. The number of sulfone groups is 1. The summed E-state index contributed by atoms with van der Waals surface area (Å²) in [5.74, 6) is -0.106. The van der Waals surface area contributed by atoms with Crippen molar-refractivity contribution in [1.29, 1.82) is 0 Å². The molecule has 0 saturated heterocycles. The number of ether oxygens (including phenoxy) is 1. The Bertz CT molecular complexity index is 347. The number of carbonyl (C=O) groups is 1. The molecule has 0 heterocycles. The fourth-order valence-electron chi connectivity index (χ4n) is 2.41. The van der Waals surface area contributed by atoms with E-state index < -0.39 is 15.4 Å². The van der Waals surface area contributed by atoms with Gasteiger partial charge in [-0.1, -0.05) is 19.3 Å². The van der Waals surface area contributed by atoms with Crippen LogP contribution in [0.15, 0.2) is 0 Å². The van der Waals surface area contributed by atoms with Crippen LogP contribution in [0.4, 0.5) is 0 Å². The number of rotatable bonds is 6. The first-order valence-electron chi connectivity index (χ1n) is 6.24. The lowest BCUT2D eigenvalue weighted by Gasteiger charge is -2.35. The number of Topliss-reactive ketones (excluding diaryl/α,β-unsaturated/α-hetero) is 1. The maximum absolute atomic E-state index is 12.2. The Balaban J connectivity index is 2.66. The molecular formula is C12H22O4S. The largest absolute Gasteiger partial charge is 0.368 e. The van der Waals surface area contributed by atoms with Crippen LogP contribution in [-0.2, 0) is 19.4 Å². The molecule has 1 fully saturated rings. The Morgan fingerprint density at radius 3 is 2.29 bits per heavy atom.